The Hall–Kier alpha value is 0.0569. The molecule has 2 aliphatic rings. The second kappa shape index (κ2) is 10.6. The summed E-state index contributed by atoms with van der Waals surface area (Å²) in [5, 5.41) is 0. The van der Waals surface area contributed by atoms with Gasteiger partial charge in [-0.05, 0) is 49.4 Å². The predicted molar refractivity (Wildman–Crippen MR) is 108 cm³/mol. The molecule has 0 aromatic carbocycles. The minimum atomic E-state index is -2.58. The topological polar surface area (TPSA) is 40.2 Å². The molecule has 5 heteroatoms. The lowest BCUT2D eigenvalue weighted by Gasteiger charge is -2.32. The number of ether oxygens (including phenoxy) is 1. The summed E-state index contributed by atoms with van der Waals surface area (Å²) in [6.07, 6.45) is 7.26. The van der Waals surface area contributed by atoms with E-state index < -0.39 is 8.80 Å². The summed E-state index contributed by atoms with van der Waals surface area (Å²) in [7, 11) is -2.58. The van der Waals surface area contributed by atoms with Crippen molar-refractivity contribution in [2.24, 2.45) is 23.7 Å². The Kier molecular flexibility index (Phi) is 9.08. The third-order valence-corrected chi connectivity index (χ3v) is 8.20. The van der Waals surface area contributed by atoms with Gasteiger partial charge in [-0.15, -0.1) is 0 Å². The zero-order chi connectivity index (χ0) is 19.2. The highest BCUT2D eigenvalue weighted by Gasteiger charge is 2.44. The van der Waals surface area contributed by atoms with Gasteiger partial charge in [0.25, 0.3) is 0 Å². The molecule has 2 rings (SSSR count). The second-order valence-electron chi connectivity index (χ2n) is 9.39. The van der Waals surface area contributed by atoms with Crippen molar-refractivity contribution in [3.8, 4) is 0 Å². The Morgan fingerprint density at radius 1 is 0.885 bits per heavy atom. The fourth-order valence-electron chi connectivity index (χ4n) is 3.84. The van der Waals surface area contributed by atoms with E-state index in [9.17, 15) is 0 Å². The van der Waals surface area contributed by atoms with Crippen molar-refractivity contribution in [2.75, 3.05) is 19.8 Å². The molecule has 4 atom stereocenters. The van der Waals surface area contributed by atoms with Gasteiger partial charge >= 0.3 is 8.80 Å². The zero-order valence-corrected chi connectivity index (χ0v) is 19.0. The molecule has 0 aromatic heterocycles. The molecule has 2 fully saturated rings. The fraction of sp³-hybridized carbons (Fsp3) is 1.00. The quantitative estimate of drug-likeness (QED) is 0.318. The van der Waals surface area contributed by atoms with E-state index in [1.807, 2.05) is 0 Å². The minimum Gasteiger partial charge on any atom is -0.373 e. The first-order valence-electron chi connectivity index (χ1n) is 10.9. The summed E-state index contributed by atoms with van der Waals surface area (Å²) in [5.41, 5.74) is 0. The van der Waals surface area contributed by atoms with Crippen LogP contribution in [0.4, 0.5) is 0 Å². The number of fused-ring (bicyclic) bond motifs is 1. The molecule has 4 nitrogen and oxygen atoms in total. The van der Waals surface area contributed by atoms with Crippen LogP contribution < -0.4 is 0 Å². The highest BCUT2D eigenvalue weighted by molar-refractivity contribution is 6.60. The van der Waals surface area contributed by atoms with Gasteiger partial charge in [0, 0.05) is 25.9 Å². The van der Waals surface area contributed by atoms with Gasteiger partial charge in [0.15, 0.2) is 0 Å². The number of hydrogen-bond acceptors (Lipinski definition) is 4. The van der Waals surface area contributed by atoms with Gasteiger partial charge in [0.05, 0.1) is 12.2 Å². The van der Waals surface area contributed by atoms with Crippen LogP contribution in [0.1, 0.15) is 73.6 Å². The van der Waals surface area contributed by atoms with E-state index in [0.29, 0.717) is 30.0 Å². The molecule has 0 amide bonds. The van der Waals surface area contributed by atoms with Crippen molar-refractivity contribution < 1.29 is 18.0 Å². The summed E-state index contributed by atoms with van der Waals surface area (Å²) < 4.78 is 24.8. The van der Waals surface area contributed by atoms with Crippen molar-refractivity contribution in [1.82, 2.24) is 0 Å². The SMILES string of the molecule is CCC[Si](OCC(C)C)(OCC(C)C)OCC(C)CC1CCC2OC2C1. The maximum Gasteiger partial charge on any atom is 0.500 e. The normalized spacial score (nSPS) is 27.0. The molecule has 1 saturated carbocycles. The van der Waals surface area contributed by atoms with Gasteiger partial charge in [-0.1, -0.05) is 48.0 Å². The molecule has 1 saturated heterocycles. The number of epoxide rings is 1. The molecule has 1 aliphatic heterocycles. The van der Waals surface area contributed by atoms with E-state index >= 15 is 0 Å². The second-order valence-corrected chi connectivity index (χ2v) is 12.1. The van der Waals surface area contributed by atoms with Crippen molar-refractivity contribution in [3.05, 3.63) is 0 Å². The van der Waals surface area contributed by atoms with Crippen molar-refractivity contribution in [3.63, 3.8) is 0 Å². The Morgan fingerprint density at radius 2 is 1.50 bits per heavy atom. The molecule has 0 aromatic rings. The Balaban J connectivity index is 1.85. The van der Waals surface area contributed by atoms with Gasteiger partial charge in [0.1, 0.15) is 0 Å². The average molecular weight is 387 g/mol. The molecule has 1 heterocycles. The average Bonchev–Trinajstić information content (AvgIpc) is 3.35. The third-order valence-electron chi connectivity index (χ3n) is 5.27. The van der Waals surface area contributed by atoms with E-state index in [1.54, 1.807) is 0 Å². The first-order valence-corrected chi connectivity index (χ1v) is 12.8. The summed E-state index contributed by atoms with van der Waals surface area (Å²) in [6.45, 7) is 15.5. The Morgan fingerprint density at radius 3 is 2.04 bits per heavy atom. The standard InChI is InChI=1S/C21H42O4Si/c1-7-10-26(22-13-16(2)3,23-14-17(4)5)24-15-18(6)11-19-8-9-20-21(12-19)25-20/h16-21H,7-15H2,1-6H3. The van der Waals surface area contributed by atoms with Gasteiger partial charge in [-0.3, -0.25) is 0 Å². The van der Waals surface area contributed by atoms with Gasteiger partial charge in [-0.2, -0.15) is 0 Å². The lowest BCUT2D eigenvalue weighted by Crippen LogP contribution is -2.48. The lowest BCUT2D eigenvalue weighted by atomic mass is 9.83. The molecular formula is C21H42O4Si. The highest BCUT2D eigenvalue weighted by Crippen LogP contribution is 2.41. The Bertz CT molecular complexity index is 389. The Labute approximate surface area is 162 Å². The molecule has 26 heavy (non-hydrogen) atoms. The van der Waals surface area contributed by atoms with Crippen LogP contribution in [0.2, 0.25) is 6.04 Å². The predicted octanol–water partition coefficient (Wildman–Crippen LogP) is 5.29. The molecule has 0 bridgehead atoms. The fourth-order valence-corrected chi connectivity index (χ4v) is 6.85. The highest BCUT2D eigenvalue weighted by atomic mass is 28.4. The number of hydrogen-bond donors (Lipinski definition) is 0. The third kappa shape index (κ3) is 7.59. The summed E-state index contributed by atoms with van der Waals surface area (Å²) in [5.74, 6) is 2.34. The maximum atomic E-state index is 6.47. The van der Waals surface area contributed by atoms with Crippen molar-refractivity contribution >= 4 is 8.80 Å². The molecule has 1 aliphatic carbocycles. The lowest BCUT2D eigenvalue weighted by molar-refractivity contribution is 0.0325. The van der Waals surface area contributed by atoms with Gasteiger partial charge in [0.2, 0.25) is 0 Å². The summed E-state index contributed by atoms with van der Waals surface area (Å²) in [4.78, 5) is 0. The van der Waals surface area contributed by atoms with Crippen LogP contribution >= 0.6 is 0 Å². The molecule has 4 unspecified atom stereocenters. The van der Waals surface area contributed by atoms with E-state index in [-0.39, 0.29) is 0 Å². The summed E-state index contributed by atoms with van der Waals surface area (Å²) >= 11 is 0. The van der Waals surface area contributed by atoms with Crippen LogP contribution in [0, 0.1) is 23.7 Å². The smallest absolute Gasteiger partial charge is 0.373 e. The molecular weight excluding hydrogens is 344 g/mol. The van der Waals surface area contributed by atoms with Crippen LogP contribution in [0.25, 0.3) is 0 Å². The monoisotopic (exact) mass is 386 g/mol. The molecule has 0 N–H and O–H groups in total. The first kappa shape index (κ1) is 22.3. The van der Waals surface area contributed by atoms with Crippen molar-refractivity contribution in [2.45, 2.75) is 91.9 Å². The van der Waals surface area contributed by atoms with E-state index in [2.05, 4.69) is 41.5 Å². The molecule has 0 radical (unpaired) electrons. The van der Waals surface area contributed by atoms with Crippen LogP contribution in [0.3, 0.4) is 0 Å². The van der Waals surface area contributed by atoms with Crippen LogP contribution in [0.5, 0.6) is 0 Å². The largest absolute Gasteiger partial charge is 0.500 e. The van der Waals surface area contributed by atoms with Crippen LogP contribution in [-0.4, -0.2) is 40.8 Å². The maximum absolute atomic E-state index is 6.47. The zero-order valence-electron chi connectivity index (χ0n) is 18.0. The van der Waals surface area contributed by atoms with Crippen LogP contribution in [-0.2, 0) is 18.0 Å². The van der Waals surface area contributed by atoms with Crippen molar-refractivity contribution in [1.29, 1.82) is 0 Å². The van der Waals surface area contributed by atoms with Crippen LogP contribution in [0.15, 0.2) is 0 Å². The van der Waals surface area contributed by atoms with E-state index in [4.69, 9.17) is 18.0 Å². The summed E-state index contributed by atoms with van der Waals surface area (Å²) in [6, 6.07) is 0.917. The van der Waals surface area contributed by atoms with E-state index in [1.165, 1.54) is 25.7 Å². The van der Waals surface area contributed by atoms with Gasteiger partial charge < -0.3 is 18.0 Å². The van der Waals surface area contributed by atoms with Gasteiger partial charge in [-0.25, -0.2) is 0 Å². The number of rotatable bonds is 13. The minimum absolute atomic E-state index is 0.496. The molecule has 154 valence electrons. The van der Waals surface area contributed by atoms with E-state index in [0.717, 1.165) is 38.2 Å². The molecule has 0 spiro atoms. The first-order chi connectivity index (χ1) is 12.3.